The number of hydrogen-bond donors (Lipinski definition) is 2. The Morgan fingerprint density at radius 3 is 2.33 bits per heavy atom. The van der Waals surface area contributed by atoms with Crippen LogP contribution in [0.2, 0.25) is 0 Å². The van der Waals surface area contributed by atoms with E-state index in [1.807, 2.05) is 0 Å². The number of nitrogens with one attached hydrogen (secondary N) is 1. The number of hydrogen-bond acceptors (Lipinski definition) is 5. The fourth-order valence-corrected chi connectivity index (χ4v) is 3.78. The van der Waals surface area contributed by atoms with E-state index in [0.717, 1.165) is 0 Å². The van der Waals surface area contributed by atoms with Crippen LogP contribution >= 0.6 is 0 Å². The third-order valence-corrected chi connectivity index (χ3v) is 5.51. The normalized spacial score (nSPS) is 17.6. The lowest BCUT2D eigenvalue weighted by Crippen LogP contribution is -2.43. The van der Waals surface area contributed by atoms with Crippen LogP contribution in [0.5, 0.6) is 0 Å². The van der Waals surface area contributed by atoms with E-state index in [-0.39, 0.29) is 18.0 Å². The molecular weight excluding hydrogens is 318 g/mol. The highest BCUT2D eigenvalue weighted by Gasteiger charge is 2.24. The van der Waals surface area contributed by atoms with Gasteiger partial charge in [-0.05, 0) is 30.7 Å². The largest absolute Gasteiger partial charge is 0.379 e. The molecule has 0 radical (unpaired) electrons. The molecule has 0 bridgehead atoms. The molecule has 0 atom stereocenters. The first kappa shape index (κ1) is 16.2. The van der Waals surface area contributed by atoms with Crippen molar-refractivity contribution in [2.75, 3.05) is 31.0 Å². The lowest BCUT2D eigenvalue weighted by Gasteiger charge is -2.26. The SMILES string of the molecule is Cc1cc(S(N)(=O)=O)ccc1NS(=O)(=O)N1CCOCC1. The Morgan fingerprint density at radius 2 is 1.81 bits per heavy atom. The third-order valence-electron chi connectivity index (χ3n) is 3.08. The number of aryl methyl sites for hydroxylation is 1. The number of sulfonamides is 1. The molecule has 1 aliphatic heterocycles. The molecule has 1 heterocycles. The minimum Gasteiger partial charge on any atom is -0.379 e. The molecule has 0 aliphatic carbocycles. The number of anilines is 1. The highest BCUT2D eigenvalue weighted by molar-refractivity contribution is 7.90. The van der Waals surface area contributed by atoms with Crippen LogP contribution in [0.4, 0.5) is 5.69 Å². The van der Waals surface area contributed by atoms with Gasteiger partial charge in [0.1, 0.15) is 0 Å². The molecule has 0 amide bonds. The zero-order valence-corrected chi connectivity index (χ0v) is 13.1. The van der Waals surface area contributed by atoms with Gasteiger partial charge in [0.15, 0.2) is 0 Å². The number of primary sulfonamides is 1. The van der Waals surface area contributed by atoms with E-state index in [0.29, 0.717) is 24.5 Å². The van der Waals surface area contributed by atoms with Crippen LogP contribution in [-0.2, 0) is 25.0 Å². The van der Waals surface area contributed by atoms with Gasteiger partial charge in [0.25, 0.3) is 0 Å². The van der Waals surface area contributed by atoms with Gasteiger partial charge in [0.05, 0.1) is 23.8 Å². The number of rotatable bonds is 4. The van der Waals surface area contributed by atoms with Gasteiger partial charge in [-0.1, -0.05) is 0 Å². The van der Waals surface area contributed by atoms with Crippen molar-refractivity contribution in [1.82, 2.24) is 4.31 Å². The second-order valence-corrected chi connectivity index (χ2v) is 7.87. The molecule has 1 aromatic rings. The van der Waals surface area contributed by atoms with Crippen LogP contribution in [0.3, 0.4) is 0 Å². The first-order valence-electron chi connectivity index (χ1n) is 6.19. The van der Waals surface area contributed by atoms with Crippen LogP contribution in [0.1, 0.15) is 5.56 Å². The summed E-state index contributed by atoms with van der Waals surface area (Å²) < 4.78 is 55.7. The summed E-state index contributed by atoms with van der Waals surface area (Å²) in [5.74, 6) is 0. The van der Waals surface area contributed by atoms with Gasteiger partial charge in [-0.3, -0.25) is 4.72 Å². The Kier molecular flexibility index (Phi) is 4.54. The van der Waals surface area contributed by atoms with Crippen molar-refractivity contribution in [3.05, 3.63) is 23.8 Å². The van der Waals surface area contributed by atoms with Crippen molar-refractivity contribution >= 4 is 25.9 Å². The Labute approximate surface area is 124 Å². The fraction of sp³-hybridized carbons (Fsp3) is 0.455. The second-order valence-electron chi connectivity index (χ2n) is 4.64. The van der Waals surface area contributed by atoms with E-state index in [9.17, 15) is 16.8 Å². The molecule has 0 aromatic heterocycles. The van der Waals surface area contributed by atoms with Crippen molar-refractivity contribution in [1.29, 1.82) is 0 Å². The molecule has 8 nitrogen and oxygen atoms in total. The summed E-state index contributed by atoms with van der Waals surface area (Å²) in [6, 6.07) is 3.97. The zero-order chi connectivity index (χ0) is 15.7. The lowest BCUT2D eigenvalue weighted by atomic mass is 10.2. The van der Waals surface area contributed by atoms with Crippen molar-refractivity contribution in [2.45, 2.75) is 11.8 Å². The van der Waals surface area contributed by atoms with Crippen LogP contribution < -0.4 is 9.86 Å². The summed E-state index contributed by atoms with van der Waals surface area (Å²) in [5.41, 5.74) is 0.784. The predicted octanol–water partition coefficient (Wildman–Crippen LogP) is -0.369. The summed E-state index contributed by atoms with van der Waals surface area (Å²) in [7, 11) is -7.50. The van der Waals surface area contributed by atoms with Crippen molar-refractivity contribution < 1.29 is 21.6 Å². The van der Waals surface area contributed by atoms with Crippen molar-refractivity contribution in [3.63, 3.8) is 0 Å². The average molecular weight is 335 g/mol. The number of nitrogens with zero attached hydrogens (tertiary/aromatic N) is 1. The van der Waals surface area contributed by atoms with E-state index < -0.39 is 20.2 Å². The van der Waals surface area contributed by atoms with Crippen LogP contribution in [-0.4, -0.2) is 47.4 Å². The van der Waals surface area contributed by atoms with Crippen molar-refractivity contribution in [3.8, 4) is 0 Å². The van der Waals surface area contributed by atoms with Crippen molar-refractivity contribution in [2.24, 2.45) is 5.14 Å². The summed E-state index contributed by atoms with van der Waals surface area (Å²) in [6.07, 6.45) is 0. The average Bonchev–Trinajstić information content (AvgIpc) is 2.41. The van der Waals surface area contributed by atoms with Gasteiger partial charge >= 0.3 is 10.2 Å². The zero-order valence-electron chi connectivity index (χ0n) is 11.4. The number of benzene rings is 1. The highest BCUT2D eigenvalue weighted by atomic mass is 32.2. The van der Waals surface area contributed by atoms with Gasteiger partial charge in [0.2, 0.25) is 10.0 Å². The molecule has 2 rings (SSSR count). The quantitative estimate of drug-likeness (QED) is 0.778. The molecule has 0 unspecified atom stereocenters. The van der Waals surface area contributed by atoms with Crippen LogP contribution in [0, 0.1) is 6.92 Å². The van der Waals surface area contributed by atoms with Gasteiger partial charge < -0.3 is 4.74 Å². The molecular formula is C11H17N3O5S2. The summed E-state index contributed by atoms with van der Waals surface area (Å²) in [5, 5.41) is 5.03. The van der Waals surface area contributed by atoms with Gasteiger partial charge in [0, 0.05) is 13.1 Å². The van der Waals surface area contributed by atoms with E-state index in [1.165, 1.54) is 22.5 Å². The topological polar surface area (TPSA) is 119 Å². The van der Waals surface area contributed by atoms with Gasteiger partial charge in [-0.15, -0.1) is 0 Å². The molecule has 1 aliphatic rings. The Balaban J connectivity index is 2.23. The van der Waals surface area contributed by atoms with E-state index in [4.69, 9.17) is 9.88 Å². The molecule has 0 spiro atoms. The van der Waals surface area contributed by atoms with Gasteiger partial charge in [-0.25, -0.2) is 13.6 Å². The molecule has 3 N–H and O–H groups in total. The third kappa shape index (κ3) is 3.92. The van der Waals surface area contributed by atoms with E-state index in [2.05, 4.69) is 4.72 Å². The van der Waals surface area contributed by atoms with E-state index >= 15 is 0 Å². The first-order chi connectivity index (χ1) is 9.70. The summed E-state index contributed by atoms with van der Waals surface area (Å²) >= 11 is 0. The fourth-order valence-electron chi connectivity index (χ4n) is 1.92. The predicted molar refractivity (Wildman–Crippen MR) is 77.5 cm³/mol. The van der Waals surface area contributed by atoms with E-state index in [1.54, 1.807) is 6.92 Å². The smallest absolute Gasteiger partial charge is 0.301 e. The molecule has 21 heavy (non-hydrogen) atoms. The Bertz CT molecular complexity index is 724. The maximum atomic E-state index is 12.2. The molecule has 10 heteroatoms. The molecule has 1 fully saturated rings. The Morgan fingerprint density at radius 1 is 1.19 bits per heavy atom. The van der Waals surface area contributed by atoms with Crippen LogP contribution in [0.25, 0.3) is 0 Å². The molecule has 118 valence electrons. The number of nitrogens with two attached hydrogens (primary N) is 1. The highest BCUT2D eigenvalue weighted by Crippen LogP contribution is 2.21. The second kappa shape index (κ2) is 5.89. The standard InChI is InChI=1S/C11H17N3O5S2/c1-9-8-10(20(12,15)16)2-3-11(9)13-21(17,18)14-4-6-19-7-5-14/h2-3,8,13H,4-7H2,1H3,(H2,12,15,16). The monoisotopic (exact) mass is 335 g/mol. The summed E-state index contributed by atoms with van der Waals surface area (Å²) in [4.78, 5) is -0.0608. The lowest BCUT2D eigenvalue weighted by molar-refractivity contribution is 0.0733. The first-order valence-corrected chi connectivity index (χ1v) is 9.18. The van der Waals surface area contributed by atoms with Gasteiger partial charge in [-0.2, -0.15) is 12.7 Å². The molecule has 1 saturated heterocycles. The molecule has 1 aromatic carbocycles. The molecule has 0 saturated carbocycles. The number of morpholine rings is 1. The maximum Gasteiger partial charge on any atom is 0.301 e. The minimum atomic E-state index is -3.81. The van der Waals surface area contributed by atoms with Crippen LogP contribution in [0.15, 0.2) is 23.1 Å². The minimum absolute atomic E-state index is 0.0608. The number of ether oxygens (including phenoxy) is 1. The Hall–Kier alpha value is -1.20. The maximum absolute atomic E-state index is 12.2. The summed E-state index contributed by atoms with van der Waals surface area (Å²) in [6.45, 7) is 2.87.